The number of aliphatic hydroxyl groups is 1. The molecule has 0 saturated carbocycles. The van der Waals surface area contributed by atoms with Gasteiger partial charge in [-0.2, -0.15) is 0 Å². The first-order valence-electron chi connectivity index (χ1n) is 4.79. The van der Waals surface area contributed by atoms with Crippen molar-refractivity contribution in [2.75, 3.05) is 6.61 Å². The molecule has 0 spiro atoms. The van der Waals surface area contributed by atoms with Crippen molar-refractivity contribution in [1.29, 1.82) is 0 Å². The number of aliphatic hydroxyl groups excluding tert-OH is 1. The van der Waals surface area contributed by atoms with E-state index in [1.165, 1.54) is 6.07 Å². The van der Waals surface area contributed by atoms with Crippen molar-refractivity contribution in [1.82, 2.24) is 0 Å². The lowest BCUT2D eigenvalue weighted by Crippen LogP contribution is -1.98. The van der Waals surface area contributed by atoms with Crippen molar-refractivity contribution in [2.24, 2.45) is 0 Å². The monoisotopic (exact) mass is 196 g/mol. The number of ether oxygens (including phenoxy) is 1. The van der Waals surface area contributed by atoms with Gasteiger partial charge in [-0.05, 0) is 31.4 Å². The van der Waals surface area contributed by atoms with Crippen LogP contribution in [0.15, 0.2) is 12.1 Å². The van der Waals surface area contributed by atoms with Crippen molar-refractivity contribution in [3.05, 3.63) is 29.1 Å². The minimum atomic E-state index is -0.521. The van der Waals surface area contributed by atoms with Crippen LogP contribution in [0, 0.1) is 12.7 Å². The molecule has 0 amide bonds. The lowest BCUT2D eigenvalue weighted by atomic mass is 10.0. The molecule has 0 aliphatic carbocycles. The van der Waals surface area contributed by atoms with Crippen molar-refractivity contribution in [3.63, 3.8) is 0 Å². The molecule has 1 aromatic rings. The Hall–Kier alpha value is -1.09. The molecule has 1 aliphatic rings. The third-order valence-electron chi connectivity index (χ3n) is 2.53. The second-order valence-corrected chi connectivity index (χ2v) is 3.65. The predicted molar refractivity (Wildman–Crippen MR) is 50.8 cm³/mol. The summed E-state index contributed by atoms with van der Waals surface area (Å²) < 4.78 is 18.6. The number of rotatable bonds is 0. The van der Waals surface area contributed by atoms with E-state index in [0.717, 1.165) is 6.42 Å². The Morgan fingerprint density at radius 3 is 3.07 bits per heavy atom. The molecule has 0 fully saturated rings. The van der Waals surface area contributed by atoms with Crippen molar-refractivity contribution >= 4 is 0 Å². The number of fused-ring (bicyclic) bond motifs is 1. The first-order chi connectivity index (χ1) is 6.68. The highest BCUT2D eigenvalue weighted by atomic mass is 19.1. The number of aryl methyl sites for hydroxylation is 1. The van der Waals surface area contributed by atoms with Gasteiger partial charge in [0, 0.05) is 11.6 Å². The Morgan fingerprint density at radius 2 is 2.29 bits per heavy atom. The lowest BCUT2D eigenvalue weighted by molar-refractivity contribution is 0.167. The van der Waals surface area contributed by atoms with E-state index < -0.39 is 6.10 Å². The zero-order valence-electron chi connectivity index (χ0n) is 8.09. The standard InChI is InChI=1S/C11H13FO2/c1-7-5-8-10(13)3-2-4-14-11(8)6-9(7)12/h5-6,10,13H,2-4H2,1H3. The van der Waals surface area contributed by atoms with E-state index in [1.54, 1.807) is 13.0 Å². The number of hydrogen-bond acceptors (Lipinski definition) is 2. The molecular weight excluding hydrogens is 183 g/mol. The summed E-state index contributed by atoms with van der Waals surface area (Å²) in [5, 5.41) is 9.75. The highest BCUT2D eigenvalue weighted by Crippen LogP contribution is 2.33. The van der Waals surface area contributed by atoms with Crippen LogP contribution in [0.1, 0.15) is 30.1 Å². The second kappa shape index (κ2) is 3.58. The Labute approximate surface area is 82.3 Å². The van der Waals surface area contributed by atoms with Crippen LogP contribution in [0.25, 0.3) is 0 Å². The highest BCUT2D eigenvalue weighted by molar-refractivity contribution is 5.39. The summed E-state index contributed by atoms with van der Waals surface area (Å²) in [5.41, 5.74) is 1.26. The maximum Gasteiger partial charge on any atom is 0.129 e. The smallest absolute Gasteiger partial charge is 0.129 e. The van der Waals surface area contributed by atoms with Crippen LogP contribution in [-0.4, -0.2) is 11.7 Å². The molecule has 1 N–H and O–H groups in total. The normalized spacial score (nSPS) is 20.9. The summed E-state index contributed by atoms with van der Waals surface area (Å²) in [6.45, 7) is 2.24. The number of halogens is 1. The van der Waals surface area contributed by atoms with Crippen LogP contribution in [0.3, 0.4) is 0 Å². The van der Waals surface area contributed by atoms with Gasteiger partial charge in [0.2, 0.25) is 0 Å². The predicted octanol–water partition coefficient (Wildman–Crippen LogP) is 2.34. The molecule has 1 atom stereocenters. The Bertz CT molecular complexity index is 349. The van der Waals surface area contributed by atoms with E-state index in [4.69, 9.17) is 4.74 Å². The van der Waals surface area contributed by atoms with Crippen molar-refractivity contribution in [3.8, 4) is 5.75 Å². The highest BCUT2D eigenvalue weighted by Gasteiger charge is 2.18. The SMILES string of the molecule is Cc1cc2c(cc1F)OCCCC2O. The molecule has 0 radical (unpaired) electrons. The second-order valence-electron chi connectivity index (χ2n) is 3.65. The van der Waals surface area contributed by atoms with E-state index in [1.807, 2.05) is 0 Å². The average molecular weight is 196 g/mol. The third kappa shape index (κ3) is 1.60. The van der Waals surface area contributed by atoms with Crippen molar-refractivity contribution < 1.29 is 14.2 Å². The topological polar surface area (TPSA) is 29.5 Å². The summed E-state index contributed by atoms with van der Waals surface area (Å²) in [6.07, 6.45) is 0.959. The minimum Gasteiger partial charge on any atom is -0.493 e. The molecule has 76 valence electrons. The Kier molecular flexibility index (Phi) is 2.42. The van der Waals surface area contributed by atoms with E-state index in [2.05, 4.69) is 0 Å². The fraction of sp³-hybridized carbons (Fsp3) is 0.455. The zero-order valence-corrected chi connectivity index (χ0v) is 8.09. The molecule has 14 heavy (non-hydrogen) atoms. The molecule has 1 unspecified atom stereocenters. The molecular formula is C11H13FO2. The van der Waals surface area contributed by atoms with Gasteiger partial charge in [0.05, 0.1) is 12.7 Å². The quantitative estimate of drug-likeness (QED) is 0.690. The van der Waals surface area contributed by atoms with Gasteiger partial charge < -0.3 is 9.84 Å². The van der Waals surface area contributed by atoms with Crippen LogP contribution >= 0.6 is 0 Å². The molecule has 1 aliphatic heterocycles. The maximum absolute atomic E-state index is 13.2. The van der Waals surface area contributed by atoms with Gasteiger partial charge in [-0.1, -0.05) is 0 Å². The van der Waals surface area contributed by atoms with Crippen LogP contribution in [0.4, 0.5) is 4.39 Å². The molecule has 3 heteroatoms. The summed E-state index contributed by atoms with van der Waals surface area (Å²) >= 11 is 0. The molecule has 2 rings (SSSR count). The average Bonchev–Trinajstić information content (AvgIpc) is 2.31. The fourth-order valence-electron chi connectivity index (χ4n) is 1.69. The molecule has 1 heterocycles. The third-order valence-corrected chi connectivity index (χ3v) is 2.53. The Morgan fingerprint density at radius 1 is 1.50 bits per heavy atom. The first-order valence-corrected chi connectivity index (χ1v) is 4.79. The summed E-state index contributed by atoms with van der Waals surface area (Å²) in [6, 6.07) is 3.03. The molecule has 0 bridgehead atoms. The first kappa shape index (κ1) is 9.46. The summed E-state index contributed by atoms with van der Waals surface area (Å²) in [5.74, 6) is 0.205. The number of benzene rings is 1. The van der Waals surface area contributed by atoms with E-state index in [9.17, 15) is 9.50 Å². The van der Waals surface area contributed by atoms with Crippen molar-refractivity contribution in [2.45, 2.75) is 25.9 Å². The molecule has 2 nitrogen and oxygen atoms in total. The maximum atomic E-state index is 13.2. The van der Waals surface area contributed by atoms with Gasteiger partial charge >= 0.3 is 0 Å². The fourth-order valence-corrected chi connectivity index (χ4v) is 1.69. The largest absolute Gasteiger partial charge is 0.493 e. The van der Waals surface area contributed by atoms with Gasteiger partial charge in [0.25, 0.3) is 0 Å². The molecule has 1 aromatic carbocycles. The van der Waals surface area contributed by atoms with Gasteiger partial charge in [0.15, 0.2) is 0 Å². The van der Waals surface area contributed by atoms with Crippen LogP contribution < -0.4 is 4.74 Å². The van der Waals surface area contributed by atoms with Crippen LogP contribution in [0.2, 0.25) is 0 Å². The van der Waals surface area contributed by atoms with Gasteiger partial charge in [-0.15, -0.1) is 0 Å². The molecule has 0 saturated heterocycles. The Balaban J connectivity index is 2.49. The van der Waals surface area contributed by atoms with Gasteiger partial charge in [-0.3, -0.25) is 0 Å². The van der Waals surface area contributed by atoms with E-state index >= 15 is 0 Å². The minimum absolute atomic E-state index is 0.280. The van der Waals surface area contributed by atoms with Gasteiger partial charge in [-0.25, -0.2) is 4.39 Å². The summed E-state index contributed by atoms with van der Waals surface area (Å²) in [4.78, 5) is 0. The van der Waals surface area contributed by atoms with Gasteiger partial charge in [0.1, 0.15) is 11.6 Å². The van der Waals surface area contributed by atoms with E-state index in [-0.39, 0.29) is 5.82 Å². The van der Waals surface area contributed by atoms with Crippen LogP contribution in [-0.2, 0) is 0 Å². The molecule has 0 aromatic heterocycles. The zero-order chi connectivity index (χ0) is 10.1. The number of hydrogen-bond donors (Lipinski definition) is 1. The lowest BCUT2D eigenvalue weighted by Gasteiger charge is -2.12. The van der Waals surface area contributed by atoms with Crippen LogP contribution in [0.5, 0.6) is 5.75 Å². The summed E-state index contributed by atoms with van der Waals surface area (Å²) in [7, 11) is 0. The van der Waals surface area contributed by atoms with E-state index in [0.29, 0.717) is 29.9 Å².